The fourth-order valence-electron chi connectivity index (χ4n) is 9.58. The summed E-state index contributed by atoms with van der Waals surface area (Å²) in [6.07, 6.45) is 14.3. The Balaban J connectivity index is 1.16. The average Bonchev–Trinajstić information content (AvgIpc) is 3.11. The fraction of sp³-hybridized carbons (Fsp3) is 0.815. The van der Waals surface area contributed by atoms with Crippen molar-refractivity contribution in [1.82, 2.24) is 9.78 Å². The number of Topliss-reactive ketones (excluding diaryl/α,β-unsaturated/α-hetero) is 1. The van der Waals surface area contributed by atoms with E-state index in [1.165, 1.54) is 51.1 Å². The minimum Gasteiger partial charge on any atom is -0.390 e. The highest BCUT2D eigenvalue weighted by molar-refractivity contribution is 5.80. The van der Waals surface area contributed by atoms with Gasteiger partial charge >= 0.3 is 0 Å². The maximum Gasteiger partial charge on any atom is 0.157 e. The van der Waals surface area contributed by atoms with Gasteiger partial charge in [0, 0.05) is 12.1 Å². The molecule has 0 radical (unpaired) electrons. The number of carbonyl (C=O) groups is 1. The molecular weight excluding hydrogens is 398 g/mol. The predicted molar refractivity (Wildman–Crippen MR) is 120 cm³/mol. The summed E-state index contributed by atoms with van der Waals surface area (Å²) in [6, 6.07) is 2.09. The Morgan fingerprint density at radius 1 is 1.16 bits per heavy atom. The van der Waals surface area contributed by atoms with Crippen molar-refractivity contribution in [2.45, 2.75) is 83.8 Å². The Labute approximate surface area is 191 Å². The molecule has 0 bridgehead atoms. The Morgan fingerprint density at radius 3 is 2.59 bits per heavy atom. The molecule has 5 fully saturated rings. The Morgan fingerprint density at radius 2 is 1.88 bits per heavy atom. The van der Waals surface area contributed by atoms with Gasteiger partial charge in [0.05, 0.1) is 23.9 Å². The van der Waals surface area contributed by atoms with Crippen LogP contribution in [0.3, 0.4) is 0 Å². The first-order valence-electron chi connectivity index (χ1n) is 13.0. The molecule has 1 N–H and O–H groups in total. The SMILES string of the molecule is C[C@@H](C(=O)Cn1cc(C#N)cn1)[C@H]1CC[C@H]2[C@@H]3CC[C@@H]4C5C[C@@]5(O)CC[C@@H]4[C@H]3CC[C@]12C. The molecule has 5 heteroatoms. The lowest BCUT2D eigenvalue weighted by atomic mass is 9.49. The maximum atomic E-state index is 13.2. The molecule has 1 unspecified atom stereocenters. The monoisotopic (exact) mass is 435 g/mol. The molecule has 10 atom stereocenters. The van der Waals surface area contributed by atoms with Crippen LogP contribution in [0.4, 0.5) is 0 Å². The number of nitrogens with zero attached hydrogens (tertiary/aromatic N) is 3. The molecule has 5 aliphatic carbocycles. The first-order chi connectivity index (χ1) is 15.3. The molecule has 0 spiro atoms. The third-order valence-corrected chi connectivity index (χ3v) is 11.2. The summed E-state index contributed by atoms with van der Waals surface area (Å²) in [5, 5.41) is 23.9. The number of fused-ring (bicyclic) bond motifs is 7. The third-order valence-electron chi connectivity index (χ3n) is 11.2. The molecule has 1 aromatic rings. The van der Waals surface area contributed by atoms with Gasteiger partial charge in [0.2, 0.25) is 0 Å². The molecule has 5 saturated carbocycles. The average molecular weight is 436 g/mol. The van der Waals surface area contributed by atoms with E-state index in [0.717, 1.165) is 42.4 Å². The minimum absolute atomic E-state index is 0.0452. The number of hydrogen-bond acceptors (Lipinski definition) is 4. The standard InChI is InChI=1S/C27H37N3O2/c1-16(25(31)15-30-14-17(12-28)13-29-30)22-5-6-23-20-3-4-21-19(8-10-27(32)11-24(21)27)18(20)7-9-26(22,23)2/h13-14,16,18-24,32H,3-11,15H2,1-2H3/t16-,18-,19-,20-,21+,22-,23+,24?,26-,27+/m1/s1. The molecule has 1 aromatic heterocycles. The van der Waals surface area contributed by atoms with Gasteiger partial charge in [0.1, 0.15) is 6.07 Å². The van der Waals surface area contributed by atoms with Gasteiger partial charge in [0.15, 0.2) is 5.78 Å². The van der Waals surface area contributed by atoms with Crippen LogP contribution in [0.15, 0.2) is 12.4 Å². The van der Waals surface area contributed by atoms with Crippen molar-refractivity contribution >= 4 is 5.78 Å². The van der Waals surface area contributed by atoms with E-state index >= 15 is 0 Å². The maximum absolute atomic E-state index is 13.2. The molecule has 5 aliphatic rings. The quantitative estimate of drug-likeness (QED) is 0.750. The van der Waals surface area contributed by atoms with Crippen LogP contribution < -0.4 is 0 Å². The highest BCUT2D eigenvalue weighted by Crippen LogP contribution is 2.69. The number of aromatic nitrogens is 2. The van der Waals surface area contributed by atoms with Crippen LogP contribution in [0.25, 0.3) is 0 Å². The summed E-state index contributed by atoms with van der Waals surface area (Å²) in [4.78, 5) is 13.2. The second-order valence-corrected chi connectivity index (χ2v) is 12.3. The van der Waals surface area contributed by atoms with Crippen molar-refractivity contribution in [3.63, 3.8) is 0 Å². The summed E-state index contributed by atoms with van der Waals surface area (Å²) in [7, 11) is 0. The number of nitriles is 1. The Bertz CT molecular complexity index is 964. The summed E-state index contributed by atoms with van der Waals surface area (Å²) >= 11 is 0. The second-order valence-electron chi connectivity index (χ2n) is 12.3. The van der Waals surface area contributed by atoms with Gasteiger partial charge in [-0.1, -0.05) is 13.8 Å². The second kappa shape index (κ2) is 7.16. The van der Waals surface area contributed by atoms with E-state index < -0.39 is 0 Å². The number of aliphatic hydroxyl groups is 1. The zero-order valence-electron chi connectivity index (χ0n) is 19.5. The first kappa shape index (κ1) is 20.9. The number of carbonyl (C=O) groups excluding carboxylic acids is 1. The van der Waals surface area contributed by atoms with E-state index in [1.807, 2.05) is 0 Å². The highest BCUT2D eigenvalue weighted by Gasteiger charge is 2.65. The van der Waals surface area contributed by atoms with Crippen molar-refractivity contribution in [1.29, 1.82) is 5.26 Å². The van der Waals surface area contributed by atoms with Crippen molar-refractivity contribution < 1.29 is 9.90 Å². The zero-order valence-corrected chi connectivity index (χ0v) is 19.5. The number of rotatable bonds is 4. The minimum atomic E-state index is -0.284. The van der Waals surface area contributed by atoms with Gasteiger partial charge in [-0.05, 0) is 105 Å². The van der Waals surface area contributed by atoms with E-state index in [1.54, 1.807) is 10.9 Å². The Hall–Kier alpha value is -1.67. The van der Waals surface area contributed by atoms with Crippen LogP contribution in [0.1, 0.15) is 77.2 Å². The molecule has 0 aliphatic heterocycles. The normalized spacial score (nSPS) is 47.4. The van der Waals surface area contributed by atoms with Crippen LogP contribution in [0.2, 0.25) is 0 Å². The molecule has 172 valence electrons. The molecule has 32 heavy (non-hydrogen) atoms. The van der Waals surface area contributed by atoms with Gasteiger partial charge < -0.3 is 5.11 Å². The molecule has 5 nitrogen and oxygen atoms in total. The number of hydrogen-bond donors (Lipinski definition) is 1. The van der Waals surface area contributed by atoms with Gasteiger partial charge in [-0.2, -0.15) is 10.4 Å². The molecule has 0 saturated heterocycles. The van der Waals surface area contributed by atoms with Gasteiger partial charge in [0.25, 0.3) is 0 Å². The van der Waals surface area contributed by atoms with Crippen molar-refractivity contribution in [3.8, 4) is 6.07 Å². The van der Waals surface area contributed by atoms with Crippen LogP contribution in [-0.4, -0.2) is 26.3 Å². The largest absolute Gasteiger partial charge is 0.390 e. The summed E-state index contributed by atoms with van der Waals surface area (Å²) in [5.74, 6) is 5.45. The van der Waals surface area contributed by atoms with Gasteiger partial charge in [-0.15, -0.1) is 0 Å². The van der Waals surface area contributed by atoms with E-state index in [0.29, 0.717) is 17.4 Å². The van der Waals surface area contributed by atoms with E-state index in [2.05, 4.69) is 25.0 Å². The smallest absolute Gasteiger partial charge is 0.157 e. The lowest BCUT2D eigenvalue weighted by Gasteiger charge is -2.56. The first-order valence-corrected chi connectivity index (χ1v) is 13.0. The third kappa shape index (κ3) is 2.98. The van der Waals surface area contributed by atoms with Crippen LogP contribution in [-0.2, 0) is 11.3 Å². The van der Waals surface area contributed by atoms with E-state index in [4.69, 9.17) is 5.26 Å². The number of ketones is 1. The molecule has 1 heterocycles. The van der Waals surface area contributed by atoms with Gasteiger partial charge in [-0.25, -0.2) is 0 Å². The van der Waals surface area contributed by atoms with Crippen molar-refractivity contribution in [2.24, 2.45) is 52.8 Å². The van der Waals surface area contributed by atoms with Crippen molar-refractivity contribution in [2.75, 3.05) is 0 Å². The summed E-state index contributed by atoms with van der Waals surface area (Å²) < 4.78 is 1.63. The van der Waals surface area contributed by atoms with Crippen LogP contribution in [0.5, 0.6) is 0 Å². The topological polar surface area (TPSA) is 78.9 Å². The van der Waals surface area contributed by atoms with Crippen molar-refractivity contribution in [3.05, 3.63) is 18.0 Å². The highest BCUT2D eigenvalue weighted by atomic mass is 16.3. The predicted octanol–water partition coefficient (Wildman–Crippen LogP) is 4.59. The Kier molecular flexibility index (Phi) is 4.68. The summed E-state index contributed by atoms with van der Waals surface area (Å²) in [5.41, 5.74) is 0.508. The van der Waals surface area contributed by atoms with Crippen LogP contribution in [0, 0.1) is 64.1 Å². The lowest BCUT2D eigenvalue weighted by molar-refractivity contribution is -0.128. The summed E-state index contributed by atoms with van der Waals surface area (Å²) in [6.45, 7) is 4.93. The molecule has 0 amide bonds. The molecular formula is C27H37N3O2. The fourth-order valence-corrected chi connectivity index (χ4v) is 9.58. The zero-order chi connectivity index (χ0) is 22.3. The molecule has 0 aromatic carbocycles. The molecule has 6 rings (SSSR count). The van der Waals surface area contributed by atoms with Gasteiger partial charge in [-0.3, -0.25) is 9.48 Å². The van der Waals surface area contributed by atoms with Crippen LogP contribution >= 0.6 is 0 Å². The van der Waals surface area contributed by atoms with E-state index in [-0.39, 0.29) is 29.3 Å². The lowest BCUT2D eigenvalue weighted by Crippen LogP contribution is -2.50. The van der Waals surface area contributed by atoms with E-state index in [9.17, 15) is 9.90 Å².